The third-order valence-corrected chi connectivity index (χ3v) is 3.56. The quantitative estimate of drug-likeness (QED) is 0.809. The Balaban J connectivity index is 2.02. The maximum Gasteiger partial charge on any atom is 0.136 e. The summed E-state index contributed by atoms with van der Waals surface area (Å²) in [5, 5.41) is 0. The number of ether oxygens (including phenoxy) is 2. The summed E-state index contributed by atoms with van der Waals surface area (Å²) in [6, 6.07) is 15.7. The lowest BCUT2D eigenvalue weighted by molar-refractivity contribution is 0.214. The molecule has 0 aliphatic rings. The van der Waals surface area contributed by atoms with Gasteiger partial charge in [-0.15, -0.1) is 0 Å². The smallest absolute Gasteiger partial charge is 0.136 e. The molecule has 1 atom stereocenters. The van der Waals surface area contributed by atoms with Gasteiger partial charge < -0.3 is 15.2 Å². The van der Waals surface area contributed by atoms with Gasteiger partial charge in [-0.25, -0.2) is 0 Å². The second kappa shape index (κ2) is 8.05. The van der Waals surface area contributed by atoms with Crippen molar-refractivity contribution >= 4 is 15.9 Å². The van der Waals surface area contributed by atoms with Crippen molar-refractivity contribution in [3.63, 3.8) is 0 Å². The Morgan fingerprint density at radius 1 is 1.00 bits per heavy atom. The van der Waals surface area contributed by atoms with E-state index in [1.165, 1.54) is 0 Å². The number of halogens is 1. The van der Waals surface area contributed by atoms with Gasteiger partial charge in [-0.1, -0.05) is 35.0 Å². The van der Waals surface area contributed by atoms with Crippen molar-refractivity contribution in [3.05, 3.63) is 58.6 Å². The van der Waals surface area contributed by atoms with Gasteiger partial charge in [0.25, 0.3) is 0 Å². The highest BCUT2D eigenvalue weighted by Gasteiger charge is 2.11. The van der Waals surface area contributed by atoms with E-state index in [0.29, 0.717) is 6.54 Å². The fourth-order valence-electron chi connectivity index (χ4n) is 1.93. The van der Waals surface area contributed by atoms with Crippen LogP contribution in [0.3, 0.4) is 0 Å². The molecule has 21 heavy (non-hydrogen) atoms. The van der Waals surface area contributed by atoms with Crippen LogP contribution >= 0.6 is 15.9 Å². The zero-order chi connectivity index (χ0) is 15.1. The van der Waals surface area contributed by atoms with E-state index in [0.717, 1.165) is 34.6 Å². The highest BCUT2D eigenvalue weighted by molar-refractivity contribution is 9.10. The fourth-order valence-corrected chi connectivity index (χ4v) is 2.19. The molecule has 2 aromatic carbocycles. The molecule has 1 unspecified atom stereocenters. The van der Waals surface area contributed by atoms with Gasteiger partial charge in [0, 0.05) is 11.0 Å². The van der Waals surface area contributed by atoms with Crippen LogP contribution < -0.4 is 15.2 Å². The molecule has 112 valence electrons. The summed E-state index contributed by atoms with van der Waals surface area (Å²) < 4.78 is 12.5. The van der Waals surface area contributed by atoms with E-state index in [1.807, 2.05) is 48.5 Å². The third kappa shape index (κ3) is 4.76. The molecular weight excluding hydrogens is 330 g/mol. The summed E-state index contributed by atoms with van der Waals surface area (Å²) in [4.78, 5) is 0. The van der Waals surface area contributed by atoms with Gasteiger partial charge in [0.1, 0.15) is 17.6 Å². The molecule has 0 spiro atoms. The number of nitrogens with two attached hydrogens (primary N) is 1. The Bertz CT molecular complexity index is 540. The van der Waals surface area contributed by atoms with Crippen LogP contribution in [0, 0.1) is 0 Å². The van der Waals surface area contributed by atoms with Crippen LogP contribution in [0.1, 0.15) is 25.0 Å². The highest BCUT2D eigenvalue weighted by atomic mass is 79.9. The molecule has 0 aromatic heterocycles. The summed E-state index contributed by atoms with van der Waals surface area (Å²) >= 11 is 3.43. The Hall–Kier alpha value is -1.52. The first kappa shape index (κ1) is 15.9. The molecule has 0 aliphatic heterocycles. The van der Waals surface area contributed by atoms with E-state index in [4.69, 9.17) is 15.2 Å². The van der Waals surface area contributed by atoms with Crippen molar-refractivity contribution in [1.82, 2.24) is 0 Å². The van der Waals surface area contributed by atoms with Gasteiger partial charge in [0.05, 0.1) is 6.61 Å². The molecule has 2 aromatic rings. The monoisotopic (exact) mass is 349 g/mol. The molecule has 2 N–H and O–H groups in total. The molecule has 0 saturated carbocycles. The van der Waals surface area contributed by atoms with Crippen molar-refractivity contribution in [1.29, 1.82) is 0 Å². The van der Waals surface area contributed by atoms with E-state index >= 15 is 0 Å². The minimum Gasteiger partial charge on any atom is -0.494 e. The Morgan fingerprint density at radius 2 is 1.62 bits per heavy atom. The van der Waals surface area contributed by atoms with Gasteiger partial charge in [0.15, 0.2) is 0 Å². The van der Waals surface area contributed by atoms with Crippen molar-refractivity contribution < 1.29 is 9.47 Å². The topological polar surface area (TPSA) is 44.5 Å². The van der Waals surface area contributed by atoms with Crippen LogP contribution in [0.15, 0.2) is 53.0 Å². The molecule has 0 aliphatic carbocycles. The number of hydrogen-bond acceptors (Lipinski definition) is 3. The van der Waals surface area contributed by atoms with Crippen LogP contribution in [-0.2, 0) is 0 Å². The Labute approximate surface area is 134 Å². The number of hydrogen-bond donors (Lipinski definition) is 1. The number of rotatable bonds is 7. The first-order valence-corrected chi connectivity index (χ1v) is 7.87. The fraction of sp³-hybridized carbons (Fsp3) is 0.294. The SMILES string of the molecule is CCCOc1ccc(OC(CN)c2ccc(Br)cc2)cc1. The molecule has 0 saturated heterocycles. The summed E-state index contributed by atoms with van der Waals surface area (Å²) in [7, 11) is 0. The van der Waals surface area contributed by atoms with E-state index in [9.17, 15) is 0 Å². The van der Waals surface area contributed by atoms with Crippen molar-refractivity contribution in [3.8, 4) is 11.5 Å². The van der Waals surface area contributed by atoms with Gasteiger partial charge in [-0.05, 0) is 48.4 Å². The van der Waals surface area contributed by atoms with Crippen molar-refractivity contribution in [2.45, 2.75) is 19.4 Å². The van der Waals surface area contributed by atoms with Crippen LogP contribution in [0.5, 0.6) is 11.5 Å². The van der Waals surface area contributed by atoms with Crippen LogP contribution in [0.2, 0.25) is 0 Å². The lowest BCUT2D eigenvalue weighted by Gasteiger charge is -2.18. The predicted octanol–water partition coefficient (Wildman–Crippen LogP) is 4.32. The molecule has 0 amide bonds. The van der Waals surface area contributed by atoms with E-state index in [1.54, 1.807) is 0 Å². The van der Waals surface area contributed by atoms with Crippen LogP contribution in [0.25, 0.3) is 0 Å². The second-order valence-corrected chi connectivity index (χ2v) is 5.63. The molecular formula is C17H20BrNO2. The Kier molecular flexibility index (Phi) is 6.08. The summed E-state index contributed by atoms with van der Waals surface area (Å²) in [6.07, 6.45) is 0.845. The molecule has 2 rings (SSSR count). The summed E-state index contributed by atoms with van der Waals surface area (Å²) in [6.45, 7) is 3.24. The molecule has 3 nitrogen and oxygen atoms in total. The minimum atomic E-state index is -0.152. The minimum absolute atomic E-state index is 0.152. The number of benzene rings is 2. The lowest BCUT2D eigenvalue weighted by atomic mass is 10.1. The molecule has 4 heteroatoms. The van der Waals surface area contributed by atoms with E-state index in [2.05, 4.69) is 22.9 Å². The first-order valence-electron chi connectivity index (χ1n) is 7.08. The third-order valence-electron chi connectivity index (χ3n) is 3.03. The predicted molar refractivity (Wildman–Crippen MR) is 88.8 cm³/mol. The van der Waals surface area contributed by atoms with Crippen LogP contribution in [0.4, 0.5) is 0 Å². The average molecular weight is 350 g/mol. The largest absolute Gasteiger partial charge is 0.494 e. The molecule has 0 radical (unpaired) electrons. The zero-order valence-corrected chi connectivity index (χ0v) is 13.7. The van der Waals surface area contributed by atoms with Gasteiger partial charge in [-0.3, -0.25) is 0 Å². The van der Waals surface area contributed by atoms with Crippen molar-refractivity contribution in [2.24, 2.45) is 5.73 Å². The van der Waals surface area contributed by atoms with Gasteiger partial charge >= 0.3 is 0 Å². The summed E-state index contributed by atoms with van der Waals surface area (Å²) in [5.74, 6) is 1.65. The highest BCUT2D eigenvalue weighted by Crippen LogP contribution is 2.24. The zero-order valence-electron chi connectivity index (χ0n) is 12.1. The molecule has 0 heterocycles. The van der Waals surface area contributed by atoms with E-state index in [-0.39, 0.29) is 6.10 Å². The molecule has 0 fully saturated rings. The van der Waals surface area contributed by atoms with E-state index < -0.39 is 0 Å². The lowest BCUT2D eigenvalue weighted by Crippen LogP contribution is -2.18. The van der Waals surface area contributed by atoms with Gasteiger partial charge in [0.2, 0.25) is 0 Å². The van der Waals surface area contributed by atoms with Crippen LogP contribution in [-0.4, -0.2) is 13.2 Å². The van der Waals surface area contributed by atoms with Crippen molar-refractivity contribution in [2.75, 3.05) is 13.2 Å². The average Bonchev–Trinajstić information content (AvgIpc) is 2.53. The van der Waals surface area contributed by atoms with Gasteiger partial charge in [-0.2, -0.15) is 0 Å². The normalized spacial score (nSPS) is 12.0. The maximum absolute atomic E-state index is 5.95. The first-order chi connectivity index (χ1) is 10.2. The standard InChI is InChI=1S/C17H20BrNO2/c1-2-11-20-15-7-9-16(10-8-15)21-17(12-19)13-3-5-14(18)6-4-13/h3-10,17H,2,11-12,19H2,1H3. The summed E-state index contributed by atoms with van der Waals surface area (Å²) in [5.41, 5.74) is 6.89. The Morgan fingerprint density at radius 3 is 2.19 bits per heavy atom. The molecule has 0 bridgehead atoms. The maximum atomic E-state index is 5.95. The second-order valence-electron chi connectivity index (χ2n) is 4.71.